The molecule has 1 N–H and O–H groups in total. The largest absolute Gasteiger partial charge is 0.311 e. The van der Waals surface area contributed by atoms with Crippen molar-refractivity contribution in [1.82, 2.24) is 10.2 Å². The van der Waals surface area contributed by atoms with Gasteiger partial charge >= 0.3 is 0 Å². The lowest BCUT2D eigenvalue weighted by molar-refractivity contribution is 0.162. The van der Waals surface area contributed by atoms with Crippen LogP contribution in [-0.2, 0) is 0 Å². The Hall–Kier alpha value is -1.35. The molecule has 23 heavy (non-hydrogen) atoms. The van der Waals surface area contributed by atoms with Gasteiger partial charge in [0.15, 0.2) is 0 Å². The summed E-state index contributed by atoms with van der Waals surface area (Å²) in [4.78, 5) is 2.60. The summed E-state index contributed by atoms with van der Waals surface area (Å²) in [7, 11) is 0. The van der Waals surface area contributed by atoms with E-state index in [1.165, 1.54) is 16.7 Å². The van der Waals surface area contributed by atoms with Crippen LogP contribution in [0.4, 0.5) is 0 Å². The highest BCUT2D eigenvalue weighted by Gasteiger charge is 2.27. The van der Waals surface area contributed by atoms with E-state index in [1.807, 2.05) is 12.1 Å². The van der Waals surface area contributed by atoms with E-state index >= 15 is 0 Å². The second kappa shape index (κ2) is 7.48. The van der Waals surface area contributed by atoms with Crippen molar-refractivity contribution in [3.63, 3.8) is 0 Å². The lowest BCUT2D eigenvalue weighted by atomic mass is 9.95. The third kappa shape index (κ3) is 3.95. The first-order chi connectivity index (χ1) is 11.2. The Morgan fingerprint density at radius 1 is 1.09 bits per heavy atom. The molecule has 3 heteroatoms. The summed E-state index contributed by atoms with van der Waals surface area (Å²) < 4.78 is 0. The van der Waals surface area contributed by atoms with Gasteiger partial charge in [-0.15, -0.1) is 0 Å². The van der Waals surface area contributed by atoms with Gasteiger partial charge in [0.05, 0.1) is 6.04 Å². The van der Waals surface area contributed by atoms with Gasteiger partial charge in [-0.1, -0.05) is 60.5 Å². The van der Waals surface area contributed by atoms with E-state index in [4.69, 9.17) is 11.6 Å². The zero-order valence-corrected chi connectivity index (χ0v) is 14.7. The lowest BCUT2D eigenvalue weighted by Gasteiger charge is -2.39. The van der Waals surface area contributed by atoms with E-state index in [2.05, 4.69) is 60.5 Å². The zero-order chi connectivity index (χ0) is 16.2. The Balaban J connectivity index is 1.95. The van der Waals surface area contributed by atoms with Gasteiger partial charge in [-0.2, -0.15) is 0 Å². The minimum Gasteiger partial charge on any atom is -0.311 e. The normalized spacial score (nSPS) is 20.4. The molecule has 0 spiro atoms. The number of piperazine rings is 1. The Bertz CT molecular complexity index is 576. The van der Waals surface area contributed by atoms with Crippen LogP contribution < -0.4 is 5.32 Å². The summed E-state index contributed by atoms with van der Waals surface area (Å²) in [6.07, 6.45) is 1.16. The summed E-state index contributed by atoms with van der Waals surface area (Å²) in [6, 6.07) is 18.1. The molecule has 1 aliphatic heterocycles. The Kier molecular flexibility index (Phi) is 5.37. The van der Waals surface area contributed by atoms with Crippen molar-refractivity contribution in [2.24, 2.45) is 0 Å². The monoisotopic (exact) mass is 328 g/mol. The molecule has 2 aromatic carbocycles. The van der Waals surface area contributed by atoms with Crippen molar-refractivity contribution < 1.29 is 0 Å². The average Bonchev–Trinajstić information content (AvgIpc) is 2.59. The predicted octanol–water partition coefficient (Wildman–Crippen LogP) is 4.42. The molecule has 0 aromatic heterocycles. The van der Waals surface area contributed by atoms with Crippen LogP contribution in [0.25, 0.3) is 0 Å². The van der Waals surface area contributed by atoms with Gasteiger partial charge in [0.1, 0.15) is 0 Å². The number of benzene rings is 2. The molecule has 3 rings (SSSR count). The molecule has 2 nitrogen and oxygen atoms in total. The molecule has 122 valence electrons. The van der Waals surface area contributed by atoms with Gasteiger partial charge in [-0.25, -0.2) is 0 Å². The maximum atomic E-state index is 6.09. The van der Waals surface area contributed by atoms with Crippen molar-refractivity contribution in [1.29, 1.82) is 0 Å². The van der Waals surface area contributed by atoms with Crippen LogP contribution in [0.5, 0.6) is 0 Å². The second-order valence-corrected chi connectivity index (χ2v) is 6.86. The van der Waals surface area contributed by atoms with Crippen molar-refractivity contribution in [2.45, 2.75) is 32.4 Å². The molecule has 2 unspecified atom stereocenters. The van der Waals surface area contributed by atoms with E-state index in [9.17, 15) is 0 Å². The highest BCUT2D eigenvalue weighted by atomic mass is 35.5. The third-order valence-corrected chi connectivity index (χ3v) is 4.98. The molecule has 1 saturated heterocycles. The van der Waals surface area contributed by atoms with Gasteiger partial charge in [0.25, 0.3) is 0 Å². The minimum atomic E-state index is 0.295. The molecule has 1 heterocycles. The number of hydrogen-bond donors (Lipinski definition) is 1. The Morgan fingerprint density at radius 2 is 1.70 bits per heavy atom. The van der Waals surface area contributed by atoms with E-state index in [-0.39, 0.29) is 0 Å². The van der Waals surface area contributed by atoms with Gasteiger partial charge in [0.2, 0.25) is 0 Å². The standard InChI is InChI=1S/C20H25ClN2/c1-3-19-14-23(13-12-22-19)20(16-6-4-15(2)5-7-16)17-8-10-18(21)11-9-17/h4-11,19-20,22H,3,12-14H2,1-2H3. The van der Waals surface area contributed by atoms with Gasteiger partial charge in [-0.05, 0) is 36.6 Å². The highest BCUT2D eigenvalue weighted by molar-refractivity contribution is 6.30. The number of hydrogen-bond acceptors (Lipinski definition) is 2. The van der Waals surface area contributed by atoms with E-state index in [0.717, 1.165) is 31.1 Å². The fraction of sp³-hybridized carbons (Fsp3) is 0.400. The van der Waals surface area contributed by atoms with E-state index in [1.54, 1.807) is 0 Å². The first-order valence-electron chi connectivity index (χ1n) is 8.47. The molecule has 0 bridgehead atoms. The number of aryl methyl sites for hydroxylation is 1. The molecule has 0 amide bonds. The topological polar surface area (TPSA) is 15.3 Å². The number of halogens is 1. The molecule has 0 saturated carbocycles. The molecule has 0 radical (unpaired) electrons. The number of rotatable bonds is 4. The summed E-state index contributed by atoms with van der Waals surface area (Å²) in [5.41, 5.74) is 3.97. The molecular formula is C20H25ClN2. The maximum Gasteiger partial charge on any atom is 0.0602 e. The van der Waals surface area contributed by atoms with Crippen LogP contribution in [0, 0.1) is 6.92 Å². The predicted molar refractivity (Wildman–Crippen MR) is 98.1 cm³/mol. The zero-order valence-electron chi connectivity index (χ0n) is 13.9. The SMILES string of the molecule is CCC1CN(C(c2ccc(C)cc2)c2ccc(Cl)cc2)CCN1. The van der Waals surface area contributed by atoms with Gasteiger partial charge in [-0.3, -0.25) is 4.90 Å². The summed E-state index contributed by atoms with van der Waals surface area (Å²) in [5, 5.41) is 4.41. The van der Waals surface area contributed by atoms with Crippen LogP contribution >= 0.6 is 11.6 Å². The summed E-state index contributed by atoms with van der Waals surface area (Å²) in [6.45, 7) is 7.59. The molecule has 1 fully saturated rings. The third-order valence-electron chi connectivity index (χ3n) is 4.72. The molecule has 1 aliphatic rings. The van der Waals surface area contributed by atoms with Crippen molar-refractivity contribution in [3.8, 4) is 0 Å². The summed E-state index contributed by atoms with van der Waals surface area (Å²) >= 11 is 6.09. The van der Waals surface area contributed by atoms with Crippen LogP contribution in [0.15, 0.2) is 48.5 Å². The van der Waals surface area contributed by atoms with Crippen molar-refractivity contribution in [2.75, 3.05) is 19.6 Å². The molecule has 2 atom stereocenters. The minimum absolute atomic E-state index is 0.295. The molecule has 0 aliphatic carbocycles. The first-order valence-corrected chi connectivity index (χ1v) is 8.84. The van der Waals surface area contributed by atoms with Crippen LogP contribution in [0.3, 0.4) is 0 Å². The first kappa shape index (κ1) is 16.5. The quantitative estimate of drug-likeness (QED) is 0.893. The van der Waals surface area contributed by atoms with Crippen LogP contribution in [0.1, 0.15) is 36.1 Å². The van der Waals surface area contributed by atoms with E-state index < -0.39 is 0 Å². The number of nitrogens with zero attached hydrogens (tertiary/aromatic N) is 1. The van der Waals surface area contributed by atoms with Crippen molar-refractivity contribution in [3.05, 3.63) is 70.2 Å². The Morgan fingerprint density at radius 3 is 2.30 bits per heavy atom. The van der Waals surface area contributed by atoms with Gasteiger partial charge in [0, 0.05) is 30.7 Å². The smallest absolute Gasteiger partial charge is 0.0602 e. The van der Waals surface area contributed by atoms with Crippen molar-refractivity contribution >= 4 is 11.6 Å². The number of nitrogens with one attached hydrogen (secondary N) is 1. The van der Waals surface area contributed by atoms with Crippen LogP contribution in [0.2, 0.25) is 5.02 Å². The second-order valence-electron chi connectivity index (χ2n) is 6.42. The summed E-state index contributed by atoms with van der Waals surface area (Å²) in [5.74, 6) is 0. The highest BCUT2D eigenvalue weighted by Crippen LogP contribution is 2.30. The fourth-order valence-electron chi connectivity index (χ4n) is 3.37. The van der Waals surface area contributed by atoms with E-state index in [0.29, 0.717) is 12.1 Å². The van der Waals surface area contributed by atoms with Gasteiger partial charge < -0.3 is 5.32 Å². The molecule has 2 aromatic rings. The lowest BCUT2D eigenvalue weighted by Crippen LogP contribution is -2.51. The average molecular weight is 329 g/mol. The fourth-order valence-corrected chi connectivity index (χ4v) is 3.49. The maximum absolute atomic E-state index is 6.09. The Labute approximate surface area is 144 Å². The molecular weight excluding hydrogens is 304 g/mol. The van der Waals surface area contributed by atoms with Crippen LogP contribution in [-0.4, -0.2) is 30.6 Å².